The van der Waals surface area contributed by atoms with Crippen molar-refractivity contribution < 1.29 is 4.43 Å². The number of rotatable bonds is 5. The Morgan fingerprint density at radius 1 is 1.30 bits per heavy atom. The molecule has 2 rings (SSSR count). The number of anilines is 1. The fourth-order valence-electron chi connectivity index (χ4n) is 1.85. The number of nitrogens with zero attached hydrogens (tertiary/aromatic N) is 5. The van der Waals surface area contributed by atoms with Crippen molar-refractivity contribution in [3.8, 4) is 11.5 Å². The summed E-state index contributed by atoms with van der Waals surface area (Å²) in [4.78, 5) is 4.29. The van der Waals surface area contributed by atoms with Crippen LogP contribution in [0, 0.1) is 0 Å². The van der Waals surface area contributed by atoms with Crippen LogP contribution in [0.1, 0.15) is 33.7 Å². The Labute approximate surface area is 138 Å². The molecule has 0 aromatic carbocycles. The number of hydrogen-bond acceptors (Lipinski definition) is 6. The van der Waals surface area contributed by atoms with Crippen molar-refractivity contribution in [3.05, 3.63) is 18.2 Å². The van der Waals surface area contributed by atoms with Crippen LogP contribution in [-0.2, 0) is 4.43 Å². The largest absolute Gasteiger partial charge is 0.415 e. The average Bonchev–Trinajstić information content (AvgIpc) is 2.93. The molecule has 0 aliphatic carbocycles. The third-order valence-corrected chi connectivity index (χ3v) is 8.90. The highest BCUT2D eigenvalue weighted by Gasteiger charge is 2.37. The Balaban J connectivity index is 2.16. The Hall–Kier alpha value is -1.80. The van der Waals surface area contributed by atoms with E-state index in [9.17, 15) is 0 Å². The van der Waals surface area contributed by atoms with E-state index < -0.39 is 8.32 Å². The molecule has 0 saturated heterocycles. The number of aromatic nitrogens is 5. The standard InChI is InChI=1S/C15H26N6OSi/c1-11(10-22-23(5,6)15(2,3)4)21-14(18-19-20-21)12-8-7-9-13(16)17-12/h7-9,11H,10H2,1-6H3,(H2,16,17). The van der Waals surface area contributed by atoms with Crippen molar-refractivity contribution in [2.24, 2.45) is 0 Å². The summed E-state index contributed by atoms with van der Waals surface area (Å²) in [5, 5.41) is 12.1. The lowest BCUT2D eigenvalue weighted by molar-refractivity contribution is 0.229. The zero-order valence-corrected chi connectivity index (χ0v) is 15.7. The van der Waals surface area contributed by atoms with Gasteiger partial charge in [-0.2, -0.15) is 0 Å². The second-order valence-electron chi connectivity index (χ2n) is 7.32. The van der Waals surface area contributed by atoms with E-state index in [0.717, 1.165) is 0 Å². The molecule has 2 heterocycles. The zero-order valence-electron chi connectivity index (χ0n) is 14.7. The van der Waals surface area contributed by atoms with E-state index >= 15 is 0 Å². The Bertz CT molecular complexity index is 664. The highest BCUT2D eigenvalue weighted by molar-refractivity contribution is 6.74. The van der Waals surface area contributed by atoms with Crippen molar-refractivity contribution in [2.75, 3.05) is 12.3 Å². The lowest BCUT2D eigenvalue weighted by Crippen LogP contribution is -2.42. The van der Waals surface area contributed by atoms with Gasteiger partial charge in [-0.05, 0) is 47.6 Å². The van der Waals surface area contributed by atoms with Gasteiger partial charge in [0, 0.05) is 0 Å². The van der Waals surface area contributed by atoms with Gasteiger partial charge in [0.2, 0.25) is 5.82 Å². The minimum absolute atomic E-state index is 0.0114. The maximum absolute atomic E-state index is 6.27. The summed E-state index contributed by atoms with van der Waals surface area (Å²) < 4.78 is 8.02. The SMILES string of the molecule is CC(CO[Si](C)(C)C(C)(C)C)n1nnnc1-c1cccc(N)n1. The van der Waals surface area contributed by atoms with Crippen LogP contribution in [0.2, 0.25) is 18.1 Å². The Kier molecular flexibility index (Phi) is 4.86. The molecule has 0 aliphatic heterocycles. The van der Waals surface area contributed by atoms with E-state index in [1.165, 1.54) is 0 Å². The summed E-state index contributed by atoms with van der Waals surface area (Å²) in [7, 11) is -1.80. The first-order valence-electron chi connectivity index (χ1n) is 7.76. The van der Waals surface area contributed by atoms with Gasteiger partial charge in [0.05, 0.1) is 12.6 Å². The fraction of sp³-hybridized carbons (Fsp3) is 0.600. The Morgan fingerprint density at radius 2 is 2.00 bits per heavy atom. The predicted molar refractivity (Wildman–Crippen MR) is 93.3 cm³/mol. The molecular formula is C15H26N6OSi. The smallest absolute Gasteiger partial charge is 0.201 e. The van der Waals surface area contributed by atoms with E-state index in [1.54, 1.807) is 10.7 Å². The average molecular weight is 335 g/mol. The molecule has 1 atom stereocenters. The number of nitrogen functional groups attached to an aromatic ring is 1. The molecule has 0 fully saturated rings. The molecule has 2 N–H and O–H groups in total. The zero-order chi connectivity index (χ0) is 17.3. The third-order valence-electron chi connectivity index (χ3n) is 4.40. The summed E-state index contributed by atoms with van der Waals surface area (Å²) in [6.07, 6.45) is 0. The molecule has 0 amide bonds. The molecule has 126 valence electrons. The van der Waals surface area contributed by atoms with Gasteiger partial charge >= 0.3 is 0 Å². The van der Waals surface area contributed by atoms with Crippen LogP contribution in [0.3, 0.4) is 0 Å². The van der Waals surface area contributed by atoms with Crippen molar-refractivity contribution >= 4 is 14.1 Å². The van der Waals surface area contributed by atoms with Crippen molar-refractivity contribution in [1.29, 1.82) is 0 Å². The van der Waals surface area contributed by atoms with Crippen molar-refractivity contribution in [1.82, 2.24) is 25.2 Å². The van der Waals surface area contributed by atoms with Crippen LogP contribution >= 0.6 is 0 Å². The van der Waals surface area contributed by atoms with Gasteiger partial charge in [-0.25, -0.2) is 9.67 Å². The predicted octanol–water partition coefficient (Wildman–Crippen LogP) is 2.90. The minimum Gasteiger partial charge on any atom is -0.415 e. The first-order valence-corrected chi connectivity index (χ1v) is 10.7. The van der Waals surface area contributed by atoms with Crippen LogP contribution < -0.4 is 5.73 Å². The topological polar surface area (TPSA) is 91.7 Å². The normalized spacial score (nSPS) is 14.0. The van der Waals surface area contributed by atoms with Crippen LogP contribution in [0.4, 0.5) is 5.82 Å². The molecule has 2 aromatic rings. The molecule has 0 spiro atoms. The summed E-state index contributed by atoms with van der Waals surface area (Å²) in [5.74, 6) is 1.05. The van der Waals surface area contributed by atoms with E-state index in [0.29, 0.717) is 23.9 Å². The van der Waals surface area contributed by atoms with Gasteiger partial charge < -0.3 is 10.2 Å². The lowest BCUT2D eigenvalue weighted by atomic mass is 10.2. The second kappa shape index (κ2) is 6.36. The summed E-state index contributed by atoms with van der Waals surface area (Å²) in [5.41, 5.74) is 6.41. The van der Waals surface area contributed by atoms with Gasteiger partial charge in [-0.3, -0.25) is 0 Å². The van der Waals surface area contributed by atoms with Crippen molar-refractivity contribution in [2.45, 2.75) is 51.9 Å². The van der Waals surface area contributed by atoms with Crippen LogP contribution in [0.15, 0.2) is 18.2 Å². The summed E-state index contributed by atoms with van der Waals surface area (Å²) in [6.45, 7) is 13.8. The highest BCUT2D eigenvalue weighted by atomic mass is 28.4. The Morgan fingerprint density at radius 3 is 2.61 bits per heavy atom. The summed E-state index contributed by atoms with van der Waals surface area (Å²) >= 11 is 0. The number of hydrogen-bond donors (Lipinski definition) is 1. The first kappa shape index (κ1) is 17.5. The third kappa shape index (κ3) is 3.94. The maximum Gasteiger partial charge on any atom is 0.201 e. The van der Waals surface area contributed by atoms with E-state index in [2.05, 4.69) is 54.4 Å². The maximum atomic E-state index is 6.27. The lowest BCUT2D eigenvalue weighted by Gasteiger charge is -2.36. The monoisotopic (exact) mass is 334 g/mol. The molecule has 0 aliphatic rings. The molecule has 7 nitrogen and oxygen atoms in total. The van der Waals surface area contributed by atoms with Gasteiger partial charge in [0.25, 0.3) is 0 Å². The molecule has 2 aromatic heterocycles. The minimum atomic E-state index is -1.80. The van der Waals surface area contributed by atoms with Gasteiger partial charge in [-0.1, -0.05) is 26.8 Å². The molecule has 0 saturated carbocycles. The summed E-state index contributed by atoms with van der Waals surface area (Å²) in [6, 6.07) is 5.44. The van der Waals surface area contributed by atoms with Gasteiger partial charge in [0.15, 0.2) is 8.32 Å². The quantitative estimate of drug-likeness (QED) is 0.845. The molecule has 0 radical (unpaired) electrons. The molecular weight excluding hydrogens is 308 g/mol. The van der Waals surface area contributed by atoms with Gasteiger partial charge in [0.1, 0.15) is 11.5 Å². The molecule has 8 heteroatoms. The fourth-order valence-corrected chi connectivity index (χ4v) is 2.94. The van der Waals surface area contributed by atoms with E-state index in [4.69, 9.17) is 10.2 Å². The highest BCUT2D eigenvalue weighted by Crippen LogP contribution is 2.37. The van der Waals surface area contributed by atoms with E-state index in [-0.39, 0.29) is 11.1 Å². The number of tetrazole rings is 1. The number of pyridine rings is 1. The number of nitrogens with two attached hydrogens (primary N) is 1. The van der Waals surface area contributed by atoms with Crippen LogP contribution in [0.25, 0.3) is 11.5 Å². The molecule has 0 bridgehead atoms. The van der Waals surface area contributed by atoms with Crippen LogP contribution in [0.5, 0.6) is 0 Å². The second-order valence-corrected chi connectivity index (χ2v) is 12.1. The first-order chi connectivity index (χ1) is 10.6. The molecule has 23 heavy (non-hydrogen) atoms. The molecule has 1 unspecified atom stereocenters. The van der Waals surface area contributed by atoms with Crippen molar-refractivity contribution in [3.63, 3.8) is 0 Å². The van der Waals surface area contributed by atoms with E-state index in [1.807, 2.05) is 19.1 Å². The van der Waals surface area contributed by atoms with Crippen LogP contribution in [-0.4, -0.2) is 40.1 Å². The van der Waals surface area contributed by atoms with Gasteiger partial charge in [-0.15, -0.1) is 5.10 Å².